The van der Waals surface area contributed by atoms with Gasteiger partial charge in [0.25, 0.3) is 0 Å². The Kier molecular flexibility index (Phi) is 11.6. The van der Waals surface area contributed by atoms with Crippen LogP contribution in [-0.2, 0) is 19.2 Å². The van der Waals surface area contributed by atoms with Crippen molar-refractivity contribution >= 4 is 23.7 Å². The van der Waals surface area contributed by atoms with Gasteiger partial charge in [0, 0.05) is 0 Å². The smallest absolute Gasteiger partial charge is 0.326 e. The van der Waals surface area contributed by atoms with Crippen LogP contribution in [0.25, 0.3) is 0 Å². The highest BCUT2D eigenvalue weighted by molar-refractivity contribution is 5.94. The lowest BCUT2D eigenvalue weighted by Gasteiger charge is -2.28. The number of hydrogen-bond acceptors (Lipinski definition) is 6. The molecule has 0 radical (unpaired) electrons. The highest BCUT2D eigenvalue weighted by atomic mass is 16.4. The van der Waals surface area contributed by atoms with E-state index in [9.17, 15) is 29.4 Å². The zero-order valence-corrected chi connectivity index (χ0v) is 18.9. The lowest BCUT2D eigenvalue weighted by atomic mass is 9.99. The fourth-order valence-corrected chi connectivity index (χ4v) is 2.69. The Labute approximate surface area is 178 Å². The first kappa shape index (κ1) is 27.8. The van der Waals surface area contributed by atoms with Crippen LogP contribution in [0, 0.1) is 17.8 Å². The number of aliphatic hydroxyl groups is 1. The molecule has 10 nitrogen and oxygen atoms in total. The number of carboxylic acid groups (broad SMARTS) is 1. The van der Waals surface area contributed by atoms with Crippen molar-refractivity contribution in [3.8, 4) is 0 Å². The lowest BCUT2D eigenvalue weighted by Crippen LogP contribution is -2.60. The van der Waals surface area contributed by atoms with Crippen LogP contribution < -0.4 is 21.7 Å². The van der Waals surface area contributed by atoms with E-state index >= 15 is 0 Å². The second-order valence-corrected chi connectivity index (χ2v) is 8.76. The van der Waals surface area contributed by atoms with Crippen LogP contribution in [0.4, 0.5) is 0 Å². The third-order valence-corrected chi connectivity index (χ3v) is 4.65. The monoisotopic (exact) mass is 430 g/mol. The summed E-state index contributed by atoms with van der Waals surface area (Å²) in [6, 6.07) is -4.32. The van der Waals surface area contributed by atoms with E-state index in [1.807, 2.05) is 13.8 Å². The maximum absolute atomic E-state index is 12.8. The number of nitrogens with one attached hydrogen (secondary N) is 3. The predicted octanol–water partition coefficient (Wildman–Crippen LogP) is -0.408. The Balaban J connectivity index is 5.44. The van der Waals surface area contributed by atoms with Crippen LogP contribution in [0.15, 0.2) is 0 Å². The minimum Gasteiger partial charge on any atom is -0.480 e. The summed E-state index contributed by atoms with van der Waals surface area (Å²) < 4.78 is 0. The van der Waals surface area contributed by atoms with Gasteiger partial charge in [0.15, 0.2) is 0 Å². The van der Waals surface area contributed by atoms with Crippen LogP contribution in [-0.4, -0.2) is 64.2 Å². The second-order valence-electron chi connectivity index (χ2n) is 8.76. The first-order valence-electron chi connectivity index (χ1n) is 10.3. The number of rotatable bonds is 12. The number of carboxylic acids is 1. The molecule has 0 heterocycles. The van der Waals surface area contributed by atoms with E-state index in [1.165, 1.54) is 6.92 Å². The van der Waals surface area contributed by atoms with Gasteiger partial charge in [-0.3, -0.25) is 14.4 Å². The van der Waals surface area contributed by atoms with Crippen molar-refractivity contribution in [2.45, 2.75) is 85.2 Å². The maximum atomic E-state index is 12.8. The molecule has 30 heavy (non-hydrogen) atoms. The van der Waals surface area contributed by atoms with Gasteiger partial charge in [0.2, 0.25) is 17.7 Å². The summed E-state index contributed by atoms with van der Waals surface area (Å²) in [6.07, 6.45) is -0.996. The van der Waals surface area contributed by atoms with Crippen LogP contribution in [0.1, 0.15) is 54.9 Å². The zero-order valence-electron chi connectivity index (χ0n) is 18.9. The largest absolute Gasteiger partial charge is 0.480 e. The van der Waals surface area contributed by atoms with Crippen molar-refractivity contribution in [1.29, 1.82) is 0 Å². The molecule has 0 saturated heterocycles. The number of hydrogen-bond donors (Lipinski definition) is 6. The van der Waals surface area contributed by atoms with Gasteiger partial charge in [0.1, 0.15) is 18.1 Å². The normalized spacial score (nSPS) is 16.5. The Hall–Kier alpha value is -2.20. The lowest BCUT2D eigenvalue weighted by molar-refractivity contribution is -0.144. The molecule has 0 aromatic heterocycles. The van der Waals surface area contributed by atoms with Crippen molar-refractivity contribution in [2.75, 3.05) is 0 Å². The maximum Gasteiger partial charge on any atom is 0.326 e. The number of aliphatic hydroxyl groups excluding tert-OH is 1. The number of carbonyl (C=O) groups is 4. The van der Waals surface area contributed by atoms with E-state index < -0.39 is 59.9 Å². The fourth-order valence-electron chi connectivity index (χ4n) is 2.69. The molecule has 0 fully saturated rings. The molecule has 0 aliphatic carbocycles. The van der Waals surface area contributed by atoms with Gasteiger partial charge in [-0.1, -0.05) is 41.5 Å². The van der Waals surface area contributed by atoms with Crippen molar-refractivity contribution in [3.05, 3.63) is 0 Å². The third-order valence-electron chi connectivity index (χ3n) is 4.65. The third kappa shape index (κ3) is 9.08. The standard InChI is InChI=1S/C20H38N4O6/c1-9(2)8-13(22-18(27)14(21)10(3)4)17(26)24-16(12(7)25)19(28)23-15(11(5)6)20(29)30/h9-16,25H,8,21H2,1-7H3,(H,22,27)(H,23,28)(H,24,26)(H,29,30). The molecule has 0 spiro atoms. The van der Waals surface area contributed by atoms with Gasteiger partial charge in [-0.15, -0.1) is 0 Å². The first-order chi connectivity index (χ1) is 13.7. The Bertz CT molecular complexity index is 606. The van der Waals surface area contributed by atoms with Crippen LogP contribution >= 0.6 is 0 Å². The van der Waals surface area contributed by atoms with Gasteiger partial charge in [-0.25, -0.2) is 4.79 Å². The molecule has 174 valence electrons. The molecule has 3 amide bonds. The molecule has 7 N–H and O–H groups in total. The van der Waals surface area contributed by atoms with Crippen molar-refractivity contribution < 1.29 is 29.4 Å². The Morgan fingerprint density at radius 2 is 1.27 bits per heavy atom. The second kappa shape index (κ2) is 12.5. The molecule has 0 aromatic rings. The van der Waals surface area contributed by atoms with Gasteiger partial charge >= 0.3 is 5.97 Å². The van der Waals surface area contributed by atoms with E-state index in [0.717, 1.165) is 0 Å². The van der Waals surface area contributed by atoms with Crippen molar-refractivity contribution in [2.24, 2.45) is 23.5 Å². The van der Waals surface area contributed by atoms with E-state index in [1.54, 1.807) is 27.7 Å². The van der Waals surface area contributed by atoms with E-state index in [0.29, 0.717) is 6.42 Å². The molecular formula is C20H38N4O6. The minimum absolute atomic E-state index is 0.0486. The molecule has 10 heteroatoms. The Morgan fingerprint density at radius 3 is 1.63 bits per heavy atom. The summed E-state index contributed by atoms with van der Waals surface area (Å²) in [5, 5.41) is 26.6. The zero-order chi connectivity index (χ0) is 23.8. The number of carbonyl (C=O) groups excluding carboxylic acids is 3. The quantitative estimate of drug-likeness (QED) is 0.244. The molecule has 5 unspecified atom stereocenters. The molecule has 5 atom stereocenters. The number of amides is 3. The van der Waals surface area contributed by atoms with Crippen LogP contribution in [0.3, 0.4) is 0 Å². The molecular weight excluding hydrogens is 392 g/mol. The van der Waals surface area contributed by atoms with Gasteiger partial charge in [-0.05, 0) is 31.1 Å². The van der Waals surface area contributed by atoms with E-state index in [4.69, 9.17) is 5.73 Å². The number of aliphatic carboxylic acids is 1. The summed E-state index contributed by atoms with van der Waals surface area (Å²) in [6.45, 7) is 11.9. The van der Waals surface area contributed by atoms with E-state index in [2.05, 4.69) is 16.0 Å². The van der Waals surface area contributed by atoms with Crippen molar-refractivity contribution in [3.63, 3.8) is 0 Å². The van der Waals surface area contributed by atoms with Gasteiger partial charge < -0.3 is 31.9 Å². The summed E-state index contributed by atoms with van der Waals surface area (Å²) >= 11 is 0. The van der Waals surface area contributed by atoms with Crippen LogP contribution in [0.2, 0.25) is 0 Å². The van der Waals surface area contributed by atoms with Crippen molar-refractivity contribution in [1.82, 2.24) is 16.0 Å². The van der Waals surface area contributed by atoms with Gasteiger partial charge in [0.05, 0.1) is 12.1 Å². The molecule has 0 aliphatic heterocycles. The minimum atomic E-state index is -1.39. The average molecular weight is 431 g/mol. The average Bonchev–Trinajstić information content (AvgIpc) is 2.60. The molecule has 0 saturated carbocycles. The highest BCUT2D eigenvalue weighted by Gasteiger charge is 2.33. The summed E-state index contributed by atoms with van der Waals surface area (Å²) in [4.78, 5) is 49.0. The molecule has 0 bridgehead atoms. The van der Waals surface area contributed by atoms with Crippen LogP contribution in [0.5, 0.6) is 0 Å². The fraction of sp³-hybridized carbons (Fsp3) is 0.800. The predicted molar refractivity (Wildman–Crippen MR) is 112 cm³/mol. The summed E-state index contributed by atoms with van der Waals surface area (Å²) in [5.41, 5.74) is 5.84. The summed E-state index contributed by atoms with van der Waals surface area (Å²) in [7, 11) is 0. The van der Waals surface area contributed by atoms with E-state index in [-0.39, 0.29) is 11.8 Å². The number of nitrogens with two attached hydrogens (primary N) is 1. The molecule has 0 aliphatic rings. The van der Waals surface area contributed by atoms with Gasteiger partial charge in [-0.2, -0.15) is 0 Å². The summed E-state index contributed by atoms with van der Waals surface area (Å²) in [5.74, 6) is -3.68. The molecule has 0 rings (SSSR count). The SMILES string of the molecule is CC(C)CC(NC(=O)C(N)C(C)C)C(=O)NC(C(=O)NC(C(=O)O)C(C)C)C(C)O. The topological polar surface area (TPSA) is 171 Å². The Morgan fingerprint density at radius 1 is 0.767 bits per heavy atom. The highest BCUT2D eigenvalue weighted by Crippen LogP contribution is 2.09. The first-order valence-corrected chi connectivity index (χ1v) is 10.3. The molecule has 0 aromatic carbocycles.